The van der Waals surface area contributed by atoms with Crippen LogP contribution in [-0.4, -0.2) is 23.3 Å². The zero-order valence-electron chi connectivity index (χ0n) is 11.0. The van der Waals surface area contributed by atoms with Crippen LogP contribution in [0.15, 0.2) is 12.1 Å². The molecule has 2 N–H and O–H groups in total. The molecule has 5 nitrogen and oxygen atoms in total. The molecule has 94 valence electrons. The molecule has 1 saturated heterocycles. The van der Waals surface area contributed by atoms with Crippen molar-refractivity contribution in [3.8, 4) is 6.07 Å². The molecule has 1 fully saturated rings. The lowest BCUT2D eigenvalue weighted by molar-refractivity contribution is 0.00578. The van der Waals surface area contributed by atoms with Crippen molar-refractivity contribution in [2.24, 2.45) is 0 Å². The number of nitriles is 1. The molecule has 0 aromatic carbocycles. The van der Waals surface area contributed by atoms with Gasteiger partial charge in [0.2, 0.25) is 0 Å². The normalized spacial score (nSPS) is 20.7. The van der Waals surface area contributed by atoms with E-state index in [1.165, 1.54) is 6.07 Å². The third-order valence-electron chi connectivity index (χ3n) is 3.48. The van der Waals surface area contributed by atoms with Crippen molar-refractivity contribution in [2.45, 2.75) is 38.9 Å². The molecular weight excluding hydrogens is 229 g/mol. The topological polar surface area (TPSA) is 81.2 Å². The van der Waals surface area contributed by atoms with Crippen molar-refractivity contribution in [3.05, 3.63) is 17.8 Å². The van der Waals surface area contributed by atoms with Crippen molar-refractivity contribution in [1.82, 2.24) is 4.98 Å². The van der Waals surface area contributed by atoms with Crippen molar-refractivity contribution in [2.75, 3.05) is 5.73 Å². The lowest BCUT2D eigenvalue weighted by Crippen LogP contribution is -2.41. The molecule has 2 heterocycles. The maximum atomic E-state index is 8.88. The molecule has 1 aliphatic heterocycles. The van der Waals surface area contributed by atoms with Gasteiger partial charge in [-0.05, 0) is 39.8 Å². The lowest BCUT2D eigenvalue weighted by atomic mass is 9.84. The maximum Gasteiger partial charge on any atom is 0.514 e. The van der Waals surface area contributed by atoms with Gasteiger partial charge in [0, 0.05) is 5.69 Å². The van der Waals surface area contributed by atoms with E-state index >= 15 is 0 Å². The molecule has 0 unspecified atom stereocenters. The lowest BCUT2D eigenvalue weighted by Gasteiger charge is -2.32. The second kappa shape index (κ2) is 3.97. The Morgan fingerprint density at radius 3 is 2.28 bits per heavy atom. The van der Waals surface area contributed by atoms with E-state index in [2.05, 4.69) is 4.98 Å². The van der Waals surface area contributed by atoms with E-state index in [1.807, 2.05) is 33.8 Å². The average Bonchev–Trinajstić information content (AvgIpc) is 2.47. The quantitative estimate of drug-likeness (QED) is 0.741. The number of aromatic nitrogens is 1. The van der Waals surface area contributed by atoms with Crippen LogP contribution in [-0.2, 0) is 9.31 Å². The Morgan fingerprint density at radius 2 is 1.78 bits per heavy atom. The number of nitrogen functional groups attached to an aromatic ring is 1. The molecule has 0 aliphatic carbocycles. The number of hydrogen-bond acceptors (Lipinski definition) is 5. The average molecular weight is 245 g/mol. The minimum absolute atomic E-state index is 0.264. The highest BCUT2D eigenvalue weighted by Crippen LogP contribution is 2.36. The van der Waals surface area contributed by atoms with Crippen molar-refractivity contribution < 1.29 is 9.31 Å². The first-order chi connectivity index (χ1) is 8.25. The molecule has 0 bridgehead atoms. The van der Waals surface area contributed by atoms with Gasteiger partial charge >= 0.3 is 7.12 Å². The highest BCUT2D eigenvalue weighted by atomic mass is 16.7. The van der Waals surface area contributed by atoms with Crippen LogP contribution in [0.25, 0.3) is 0 Å². The van der Waals surface area contributed by atoms with Crippen molar-refractivity contribution in [1.29, 1.82) is 5.26 Å². The van der Waals surface area contributed by atoms with Crippen LogP contribution < -0.4 is 11.3 Å². The van der Waals surface area contributed by atoms with E-state index in [0.717, 1.165) is 0 Å². The summed E-state index contributed by atoms with van der Waals surface area (Å²) >= 11 is 0. The van der Waals surface area contributed by atoms with Crippen LogP contribution in [0.2, 0.25) is 0 Å². The van der Waals surface area contributed by atoms with E-state index in [4.69, 9.17) is 20.3 Å². The second-order valence-corrected chi connectivity index (χ2v) is 5.41. The van der Waals surface area contributed by atoms with Crippen LogP contribution in [0.3, 0.4) is 0 Å². The van der Waals surface area contributed by atoms with Crippen LogP contribution in [0.5, 0.6) is 0 Å². The van der Waals surface area contributed by atoms with Crippen molar-refractivity contribution >= 4 is 18.4 Å². The standard InChI is InChI=1S/C12H16BN3O2/c1-11(2)12(3,4)18-13(17-11)10-6-8(15)5-9(7-14)16-10/h5-6H,1-4H3,(H2,15,16). The molecule has 1 aromatic heterocycles. The third kappa shape index (κ3) is 2.07. The predicted molar refractivity (Wildman–Crippen MR) is 69.1 cm³/mol. The number of pyridine rings is 1. The minimum Gasteiger partial charge on any atom is -0.399 e. The summed E-state index contributed by atoms with van der Waals surface area (Å²) in [6.07, 6.45) is 0. The van der Waals surface area contributed by atoms with E-state index in [0.29, 0.717) is 11.3 Å². The molecule has 18 heavy (non-hydrogen) atoms. The molecule has 0 amide bonds. The maximum absolute atomic E-state index is 8.88. The molecular formula is C12H16BN3O2. The van der Waals surface area contributed by atoms with Gasteiger partial charge < -0.3 is 15.0 Å². The number of nitrogens with two attached hydrogens (primary N) is 1. The summed E-state index contributed by atoms with van der Waals surface area (Å²) in [6, 6.07) is 5.16. The number of rotatable bonds is 1. The Morgan fingerprint density at radius 1 is 1.22 bits per heavy atom. The molecule has 2 rings (SSSR count). The van der Waals surface area contributed by atoms with Gasteiger partial charge in [-0.25, -0.2) is 4.98 Å². The van der Waals surface area contributed by atoms with Gasteiger partial charge in [-0.3, -0.25) is 0 Å². The Hall–Kier alpha value is -1.58. The number of nitrogens with zero attached hydrogens (tertiary/aromatic N) is 2. The summed E-state index contributed by atoms with van der Waals surface area (Å²) in [5.74, 6) is 0. The van der Waals surface area contributed by atoms with E-state index in [-0.39, 0.29) is 5.69 Å². The summed E-state index contributed by atoms with van der Waals surface area (Å²) in [6.45, 7) is 7.85. The summed E-state index contributed by atoms with van der Waals surface area (Å²) in [5, 5.41) is 8.88. The van der Waals surface area contributed by atoms with Gasteiger partial charge in [0.05, 0.1) is 16.8 Å². The zero-order valence-corrected chi connectivity index (χ0v) is 11.0. The fourth-order valence-electron chi connectivity index (χ4n) is 1.72. The zero-order chi connectivity index (χ0) is 13.6. The smallest absolute Gasteiger partial charge is 0.399 e. The van der Waals surface area contributed by atoms with Gasteiger partial charge in [0.15, 0.2) is 0 Å². The summed E-state index contributed by atoms with van der Waals surface area (Å²) in [7, 11) is -0.592. The fourth-order valence-corrected chi connectivity index (χ4v) is 1.72. The molecule has 6 heteroatoms. The highest BCUT2D eigenvalue weighted by Gasteiger charge is 2.52. The summed E-state index contributed by atoms with van der Waals surface area (Å²) in [4.78, 5) is 4.17. The Kier molecular flexibility index (Phi) is 2.84. The Bertz CT molecular complexity index is 507. The monoisotopic (exact) mass is 245 g/mol. The van der Waals surface area contributed by atoms with Crippen molar-refractivity contribution in [3.63, 3.8) is 0 Å². The van der Waals surface area contributed by atoms with Crippen LogP contribution in [0.4, 0.5) is 5.69 Å². The first-order valence-corrected chi connectivity index (χ1v) is 5.78. The Balaban J connectivity index is 2.36. The molecule has 1 aliphatic rings. The van der Waals surface area contributed by atoms with Crippen LogP contribution in [0, 0.1) is 11.3 Å². The highest BCUT2D eigenvalue weighted by molar-refractivity contribution is 6.61. The van der Waals surface area contributed by atoms with E-state index in [9.17, 15) is 0 Å². The molecule has 0 spiro atoms. The second-order valence-electron chi connectivity index (χ2n) is 5.41. The van der Waals surface area contributed by atoms with Gasteiger partial charge in [-0.1, -0.05) is 0 Å². The van der Waals surface area contributed by atoms with Crippen LogP contribution in [0.1, 0.15) is 33.4 Å². The van der Waals surface area contributed by atoms with E-state index in [1.54, 1.807) is 6.07 Å². The fraction of sp³-hybridized carbons (Fsp3) is 0.500. The van der Waals surface area contributed by atoms with Gasteiger partial charge in [-0.15, -0.1) is 0 Å². The van der Waals surface area contributed by atoms with Crippen LogP contribution >= 0.6 is 0 Å². The third-order valence-corrected chi connectivity index (χ3v) is 3.48. The van der Waals surface area contributed by atoms with Gasteiger partial charge in [-0.2, -0.15) is 5.26 Å². The molecule has 1 aromatic rings. The van der Waals surface area contributed by atoms with E-state index < -0.39 is 18.3 Å². The molecule has 0 atom stereocenters. The first kappa shape index (κ1) is 12.9. The van der Waals surface area contributed by atoms with Gasteiger partial charge in [0.1, 0.15) is 11.8 Å². The van der Waals surface area contributed by atoms with Gasteiger partial charge in [0.25, 0.3) is 0 Å². The molecule has 0 radical (unpaired) electrons. The number of hydrogen-bond donors (Lipinski definition) is 1. The molecule has 0 saturated carbocycles. The predicted octanol–water partition coefficient (Wildman–Crippen LogP) is 0.835. The largest absolute Gasteiger partial charge is 0.514 e. The SMILES string of the molecule is CC1(C)OB(c2cc(N)cc(C#N)n2)OC1(C)C. The summed E-state index contributed by atoms with van der Waals surface area (Å²) in [5.41, 5.74) is 6.14. The Labute approximate surface area is 107 Å². The number of anilines is 1. The minimum atomic E-state index is -0.592. The summed E-state index contributed by atoms with van der Waals surface area (Å²) < 4.78 is 11.7. The first-order valence-electron chi connectivity index (χ1n) is 5.78.